The molecule has 3 aromatic rings. The van der Waals surface area contributed by atoms with Gasteiger partial charge in [0.2, 0.25) is 0 Å². The van der Waals surface area contributed by atoms with E-state index in [0.717, 1.165) is 16.3 Å². The van der Waals surface area contributed by atoms with E-state index in [1.807, 2.05) is 48.5 Å². The van der Waals surface area contributed by atoms with E-state index in [1.54, 1.807) is 24.3 Å². The van der Waals surface area contributed by atoms with Gasteiger partial charge >= 0.3 is 0 Å². The Morgan fingerprint density at radius 1 is 1.08 bits per heavy atom. The van der Waals surface area contributed by atoms with Crippen LogP contribution in [0.25, 0.3) is 10.8 Å². The second kappa shape index (κ2) is 7.61. The van der Waals surface area contributed by atoms with Gasteiger partial charge in [-0.25, -0.2) is 0 Å². The van der Waals surface area contributed by atoms with Crippen molar-refractivity contribution in [2.45, 2.75) is 12.5 Å². The second-order valence-electron chi connectivity index (χ2n) is 5.82. The van der Waals surface area contributed by atoms with Gasteiger partial charge in [-0.1, -0.05) is 48.5 Å². The molecule has 0 fully saturated rings. The second-order valence-corrected chi connectivity index (χ2v) is 5.82. The molecule has 2 N–H and O–H groups in total. The van der Waals surface area contributed by atoms with Crippen LogP contribution in [0.15, 0.2) is 66.7 Å². The van der Waals surface area contributed by atoms with Crippen LogP contribution in [0, 0.1) is 11.3 Å². The molecule has 3 rings (SSSR count). The maximum atomic E-state index is 12.1. The van der Waals surface area contributed by atoms with Crippen LogP contribution in [0.3, 0.4) is 0 Å². The minimum atomic E-state index is -0.656. The highest BCUT2D eigenvalue weighted by atomic mass is 16.3. The van der Waals surface area contributed by atoms with Crippen molar-refractivity contribution in [2.75, 3.05) is 6.54 Å². The Morgan fingerprint density at radius 2 is 1.84 bits per heavy atom. The molecule has 0 aliphatic rings. The summed E-state index contributed by atoms with van der Waals surface area (Å²) in [5.41, 5.74) is 1.75. The molecule has 4 heteroatoms. The van der Waals surface area contributed by atoms with E-state index in [4.69, 9.17) is 5.26 Å². The van der Waals surface area contributed by atoms with E-state index in [-0.39, 0.29) is 5.91 Å². The molecule has 0 aliphatic carbocycles. The number of aliphatic hydroxyl groups excluding tert-OH is 1. The number of benzene rings is 3. The van der Waals surface area contributed by atoms with Crippen molar-refractivity contribution < 1.29 is 9.90 Å². The minimum absolute atomic E-state index is 0.248. The van der Waals surface area contributed by atoms with Gasteiger partial charge in [0.1, 0.15) is 0 Å². The van der Waals surface area contributed by atoms with Crippen LogP contribution in [-0.4, -0.2) is 17.6 Å². The third kappa shape index (κ3) is 3.85. The van der Waals surface area contributed by atoms with Crippen LogP contribution in [-0.2, 0) is 0 Å². The smallest absolute Gasteiger partial charge is 0.251 e. The van der Waals surface area contributed by atoms with Gasteiger partial charge in [0.15, 0.2) is 0 Å². The highest BCUT2D eigenvalue weighted by molar-refractivity contribution is 5.94. The number of nitriles is 1. The molecule has 0 saturated carbocycles. The topological polar surface area (TPSA) is 73.1 Å². The highest BCUT2D eigenvalue weighted by Gasteiger charge is 2.12. The van der Waals surface area contributed by atoms with Crippen LogP contribution in [0.2, 0.25) is 0 Å². The van der Waals surface area contributed by atoms with Gasteiger partial charge in [-0.15, -0.1) is 0 Å². The molecule has 0 heterocycles. The third-order valence-corrected chi connectivity index (χ3v) is 4.14. The summed E-state index contributed by atoms with van der Waals surface area (Å²) in [5, 5.41) is 24.3. The van der Waals surface area contributed by atoms with Crippen molar-refractivity contribution in [1.29, 1.82) is 5.26 Å². The first kappa shape index (κ1) is 16.7. The van der Waals surface area contributed by atoms with Gasteiger partial charge in [0.25, 0.3) is 5.91 Å². The monoisotopic (exact) mass is 330 g/mol. The fourth-order valence-electron chi connectivity index (χ4n) is 2.85. The van der Waals surface area contributed by atoms with Gasteiger partial charge in [0.05, 0.1) is 17.7 Å². The zero-order valence-electron chi connectivity index (χ0n) is 13.6. The molecule has 0 spiro atoms. The lowest BCUT2D eigenvalue weighted by Gasteiger charge is -2.14. The van der Waals surface area contributed by atoms with Gasteiger partial charge in [-0.2, -0.15) is 5.26 Å². The first-order valence-corrected chi connectivity index (χ1v) is 8.13. The molecule has 0 saturated heterocycles. The lowest BCUT2D eigenvalue weighted by atomic mass is 9.99. The van der Waals surface area contributed by atoms with Crippen LogP contribution in [0.5, 0.6) is 0 Å². The number of hydrogen-bond acceptors (Lipinski definition) is 3. The Bertz CT molecular complexity index is 939. The molecule has 0 aliphatic heterocycles. The van der Waals surface area contributed by atoms with Crippen molar-refractivity contribution in [3.8, 4) is 6.07 Å². The van der Waals surface area contributed by atoms with Crippen molar-refractivity contribution in [1.82, 2.24) is 5.32 Å². The molecule has 0 bridgehead atoms. The van der Waals surface area contributed by atoms with E-state index in [9.17, 15) is 9.90 Å². The van der Waals surface area contributed by atoms with E-state index in [1.165, 1.54) is 0 Å². The molecule has 25 heavy (non-hydrogen) atoms. The Kier molecular flexibility index (Phi) is 5.08. The largest absolute Gasteiger partial charge is 0.388 e. The predicted octanol–water partition coefficient (Wildman–Crippen LogP) is 3.56. The number of carbonyl (C=O) groups is 1. The number of fused-ring (bicyclic) bond motifs is 1. The first-order chi connectivity index (χ1) is 12.2. The zero-order chi connectivity index (χ0) is 17.6. The third-order valence-electron chi connectivity index (χ3n) is 4.14. The van der Waals surface area contributed by atoms with E-state index in [0.29, 0.717) is 24.1 Å². The molecule has 1 unspecified atom stereocenters. The van der Waals surface area contributed by atoms with Gasteiger partial charge < -0.3 is 10.4 Å². The number of nitrogens with one attached hydrogen (secondary N) is 1. The summed E-state index contributed by atoms with van der Waals surface area (Å²) in [7, 11) is 0. The standard InChI is InChI=1S/C21H18N2O2/c22-14-15-5-3-8-17(13-15)21(25)23-12-11-20(24)19-10-4-7-16-6-1-2-9-18(16)19/h1-10,13,20,24H,11-12H2,(H,23,25). The molecule has 124 valence electrons. The Hall–Kier alpha value is -3.16. The number of amides is 1. The Balaban J connectivity index is 1.63. The normalized spacial score (nSPS) is 11.7. The van der Waals surface area contributed by atoms with Gasteiger partial charge in [0, 0.05) is 12.1 Å². The van der Waals surface area contributed by atoms with Crippen LogP contribution in [0.1, 0.15) is 34.0 Å². The average molecular weight is 330 g/mol. The maximum Gasteiger partial charge on any atom is 0.251 e. The lowest BCUT2D eigenvalue weighted by molar-refractivity contribution is 0.0943. The predicted molar refractivity (Wildman–Crippen MR) is 97.0 cm³/mol. The van der Waals surface area contributed by atoms with Crippen LogP contribution >= 0.6 is 0 Å². The molecule has 0 radical (unpaired) electrons. The van der Waals surface area contributed by atoms with Gasteiger partial charge in [-0.3, -0.25) is 4.79 Å². The molecule has 3 aromatic carbocycles. The molecular formula is C21H18N2O2. The van der Waals surface area contributed by atoms with E-state index < -0.39 is 6.10 Å². The van der Waals surface area contributed by atoms with Crippen LogP contribution < -0.4 is 5.32 Å². The van der Waals surface area contributed by atoms with Crippen molar-refractivity contribution in [3.05, 3.63) is 83.4 Å². The highest BCUT2D eigenvalue weighted by Crippen LogP contribution is 2.25. The van der Waals surface area contributed by atoms with Gasteiger partial charge in [-0.05, 0) is 41.0 Å². The van der Waals surface area contributed by atoms with E-state index >= 15 is 0 Å². The van der Waals surface area contributed by atoms with Crippen LogP contribution in [0.4, 0.5) is 0 Å². The van der Waals surface area contributed by atoms with Crippen molar-refractivity contribution >= 4 is 16.7 Å². The summed E-state index contributed by atoms with van der Waals surface area (Å²) >= 11 is 0. The summed E-state index contributed by atoms with van der Waals surface area (Å²) in [6, 6.07) is 22.3. The Morgan fingerprint density at radius 3 is 2.68 bits per heavy atom. The molecule has 0 aromatic heterocycles. The summed E-state index contributed by atoms with van der Waals surface area (Å²) in [6.07, 6.45) is -0.241. The number of nitrogens with zero attached hydrogens (tertiary/aromatic N) is 1. The quantitative estimate of drug-likeness (QED) is 0.751. The summed E-state index contributed by atoms with van der Waals surface area (Å²) < 4.78 is 0. The fraction of sp³-hybridized carbons (Fsp3) is 0.143. The summed E-state index contributed by atoms with van der Waals surface area (Å²) in [6.45, 7) is 0.347. The van der Waals surface area contributed by atoms with E-state index in [2.05, 4.69) is 5.32 Å². The Labute approximate surface area is 146 Å². The molecule has 1 atom stereocenters. The number of aliphatic hydroxyl groups is 1. The zero-order valence-corrected chi connectivity index (χ0v) is 13.6. The maximum absolute atomic E-state index is 12.1. The molecule has 1 amide bonds. The van der Waals surface area contributed by atoms with Crippen molar-refractivity contribution in [2.24, 2.45) is 0 Å². The lowest BCUT2D eigenvalue weighted by Crippen LogP contribution is -2.25. The number of carbonyl (C=O) groups excluding carboxylic acids is 1. The first-order valence-electron chi connectivity index (χ1n) is 8.13. The SMILES string of the molecule is N#Cc1cccc(C(=O)NCCC(O)c2cccc3ccccc23)c1. The molecule has 4 nitrogen and oxygen atoms in total. The fourth-order valence-corrected chi connectivity index (χ4v) is 2.85. The summed E-state index contributed by atoms with van der Waals surface area (Å²) in [4.78, 5) is 12.1. The minimum Gasteiger partial charge on any atom is -0.388 e. The average Bonchev–Trinajstić information content (AvgIpc) is 2.67. The number of hydrogen-bond donors (Lipinski definition) is 2. The van der Waals surface area contributed by atoms with Crippen molar-refractivity contribution in [3.63, 3.8) is 0 Å². The number of rotatable bonds is 5. The molecular weight excluding hydrogens is 312 g/mol. The summed E-state index contributed by atoms with van der Waals surface area (Å²) in [5.74, 6) is -0.248.